The van der Waals surface area contributed by atoms with Gasteiger partial charge in [0.05, 0.1) is 11.6 Å². The van der Waals surface area contributed by atoms with Gasteiger partial charge in [0.1, 0.15) is 6.04 Å². The predicted molar refractivity (Wildman–Crippen MR) is 82.8 cm³/mol. The molecule has 22 heavy (non-hydrogen) atoms. The van der Waals surface area contributed by atoms with E-state index in [0.29, 0.717) is 28.1 Å². The van der Waals surface area contributed by atoms with Crippen molar-refractivity contribution in [3.05, 3.63) is 57.5 Å². The molecule has 2 rings (SSSR count). The first-order valence-corrected chi connectivity index (χ1v) is 7.00. The van der Waals surface area contributed by atoms with Crippen molar-refractivity contribution in [2.45, 2.75) is 19.4 Å². The number of benzene rings is 1. The molecule has 6 heteroatoms. The number of aliphatic carboxylic acids is 1. The number of nitriles is 1. The molecule has 0 bridgehead atoms. The van der Waals surface area contributed by atoms with Gasteiger partial charge in [-0.2, -0.15) is 5.26 Å². The number of pyridine rings is 1. The summed E-state index contributed by atoms with van der Waals surface area (Å²) in [5.41, 5.74) is 1.03. The van der Waals surface area contributed by atoms with Crippen molar-refractivity contribution in [3.63, 3.8) is 0 Å². The quantitative estimate of drug-likeness (QED) is 0.939. The Hall–Kier alpha value is -2.58. The van der Waals surface area contributed by atoms with E-state index in [1.54, 1.807) is 31.2 Å². The Morgan fingerprint density at radius 2 is 2.14 bits per heavy atom. The number of carbonyl (C=O) groups is 1. The molecule has 1 heterocycles. The third-order valence-corrected chi connectivity index (χ3v) is 3.60. The topological polar surface area (TPSA) is 83.1 Å². The third-order valence-electron chi connectivity index (χ3n) is 3.37. The van der Waals surface area contributed by atoms with Crippen molar-refractivity contribution in [1.82, 2.24) is 4.57 Å². The molecule has 1 N–H and O–H groups in total. The van der Waals surface area contributed by atoms with E-state index in [2.05, 4.69) is 0 Å². The van der Waals surface area contributed by atoms with Crippen molar-refractivity contribution in [2.24, 2.45) is 0 Å². The van der Waals surface area contributed by atoms with Gasteiger partial charge in [-0.15, -0.1) is 0 Å². The van der Waals surface area contributed by atoms with E-state index in [1.807, 2.05) is 6.07 Å². The summed E-state index contributed by atoms with van der Waals surface area (Å²) in [6.45, 7) is 1.70. The van der Waals surface area contributed by atoms with Crippen molar-refractivity contribution in [2.75, 3.05) is 0 Å². The largest absolute Gasteiger partial charge is 0.480 e. The van der Waals surface area contributed by atoms with Crippen molar-refractivity contribution in [1.29, 1.82) is 5.26 Å². The normalized spacial score (nSPS) is 11.7. The fourth-order valence-corrected chi connectivity index (χ4v) is 2.43. The summed E-state index contributed by atoms with van der Waals surface area (Å²) >= 11 is 5.94. The molecule has 112 valence electrons. The number of nitrogens with zero attached hydrogens (tertiary/aromatic N) is 2. The second-order valence-electron chi connectivity index (χ2n) is 4.72. The lowest BCUT2D eigenvalue weighted by atomic mass is 10.0. The molecule has 0 radical (unpaired) electrons. The van der Waals surface area contributed by atoms with Crippen LogP contribution in [0.3, 0.4) is 0 Å². The molecule has 0 saturated carbocycles. The first-order valence-electron chi connectivity index (χ1n) is 6.63. The van der Waals surface area contributed by atoms with E-state index >= 15 is 0 Å². The van der Waals surface area contributed by atoms with E-state index in [9.17, 15) is 9.59 Å². The maximum atomic E-state index is 12.2. The zero-order chi connectivity index (χ0) is 16.3. The zero-order valence-electron chi connectivity index (χ0n) is 11.8. The predicted octanol–water partition coefficient (Wildman–Crippen LogP) is 3.08. The van der Waals surface area contributed by atoms with Crippen LogP contribution >= 0.6 is 11.6 Å². The van der Waals surface area contributed by atoms with E-state index < -0.39 is 17.6 Å². The van der Waals surface area contributed by atoms with Crippen LogP contribution in [0.1, 0.15) is 24.9 Å². The number of halogens is 1. The number of carboxylic acids is 1. The molecule has 0 spiro atoms. The Morgan fingerprint density at radius 1 is 1.41 bits per heavy atom. The Balaban J connectivity index is 2.56. The molecule has 5 nitrogen and oxygen atoms in total. The van der Waals surface area contributed by atoms with Crippen LogP contribution in [0.2, 0.25) is 5.02 Å². The summed E-state index contributed by atoms with van der Waals surface area (Å²) < 4.78 is 1.17. The highest BCUT2D eigenvalue weighted by atomic mass is 35.5. The van der Waals surface area contributed by atoms with Crippen LogP contribution < -0.4 is 5.56 Å². The van der Waals surface area contributed by atoms with Gasteiger partial charge in [0.25, 0.3) is 5.56 Å². The van der Waals surface area contributed by atoms with Gasteiger partial charge in [-0.3, -0.25) is 4.79 Å². The summed E-state index contributed by atoms with van der Waals surface area (Å²) in [6, 6.07) is 8.85. The minimum absolute atomic E-state index is 0.301. The number of rotatable bonds is 4. The van der Waals surface area contributed by atoms with Gasteiger partial charge in [-0.25, -0.2) is 4.79 Å². The van der Waals surface area contributed by atoms with Crippen LogP contribution in [0.15, 0.2) is 41.3 Å². The number of carboxylic acid groups (broad SMARTS) is 1. The molecule has 0 fully saturated rings. The van der Waals surface area contributed by atoms with Crippen molar-refractivity contribution >= 4 is 17.6 Å². The molecule has 0 aliphatic carbocycles. The lowest BCUT2D eigenvalue weighted by Gasteiger charge is -2.14. The fourth-order valence-electron chi connectivity index (χ4n) is 2.26. The molecule has 2 aromatic rings. The monoisotopic (exact) mass is 316 g/mol. The lowest BCUT2D eigenvalue weighted by Crippen LogP contribution is -2.28. The summed E-state index contributed by atoms with van der Waals surface area (Å²) in [5.74, 6) is -1.06. The molecule has 1 atom stereocenters. The second-order valence-corrected chi connectivity index (χ2v) is 5.16. The average Bonchev–Trinajstić information content (AvgIpc) is 2.49. The first-order chi connectivity index (χ1) is 10.5. The van der Waals surface area contributed by atoms with E-state index in [4.69, 9.17) is 22.0 Å². The van der Waals surface area contributed by atoms with Gasteiger partial charge in [0.2, 0.25) is 0 Å². The molecule has 0 aliphatic rings. The highest BCUT2D eigenvalue weighted by Crippen LogP contribution is 2.26. The summed E-state index contributed by atoms with van der Waals surface area (Å²) in [4.78, 5) is 23.3. The molecule has 1 aromatic carbocycles. The number of hydrogen-bond acceptors (Lipinski definition) is 3. The third kappa shape index (κ3) is 3.02. The van der Waals surface area contributed by atoms with Crippen LogP contribution in [0.5, 0.6) is 0 Å². The van der Waals surface area contributed by atoms with Crippen LogP contribution in [0.4, 0.5) is 0 Å². The first kappa shape index (κ1) is 15.8. The van der Waals surface area contributed by atoms with E-state index in [0.717, 1.165) is 0 Å². The van der Waals surface area contributed by atoms with Gasteiger partial charge in [-0.1, -0.05) is 18.5 Å². The molecule has 1 aromatic heterocycles. The SMILES string of the molecule is CC[C@@H](C(=O)O)n1ccc(-c2cc(Cl)ccc2C#N)cc1=O. The van der Waals surface area contributed by atoms with Crippen LogP contribution in [-0.2, 0) is 4.79 Å². The average molecular weight is 317 g/mol. The number of hydrogen-bond donors (Lipinski definition) is 1. The molecule has 0 aliphatic heterocycles. The standard InChI is InChI=1S/C16H13ClN2O3/c1-2-14(16(21)22)19-6-5-10(7-15(19)20)13-8-12(17)4-3-11(13)9-18/h3-8,14H,2H2,1H3,(H,21,22)/t14-/m0/s1. The minimum atomic E-state index is -1.06. The highest BCUT2D eigenvalue weighted by Gasteiger charge is 2.18. The van der Waals surface area contributed by atoms with Crippen LogP contribution in [0, 0.1) is 11.3 Å². The van der Waals surface area contributed by atoms with Crippen LogP contribution in [0.25, 0.3) is 11.1 Å². The zero-order valence-corrected chi connectivity index (χ0v) is 12.5. The highest BCUT2D eigenvalue weighted by molar-refractivity contribution is 6.30. The van der Waals surface area contributed by atoms with Crippen molar-refractivity contribution < 1.29 is 9.90 Å². The molecule has 0 saturated heterocycles. The Kier molecular flexibility index (Phi) is 4.64. The Morgan fingerprint density at radius 3 is 2.68 bits per heavy atom. The molecular weight excluding hydrogens is 304 g/mol. The van der Waals surface area contributed by atoms with Gasteiger partial charge >= 0.3 is 5.97 Å². The fraction of sp³-hybridized carbons (Fsp3) is 0.188. The Labute approximate surface area is 132 Å². The maximum Gasteiger partial charge on any atom is 0.326 e. The summed E-state index contributed by atoms with van der Waals surface area (Å²) in [5, 5.41) is 18.7. The van der Waals surface area contributed by atoms with E-state index in [1.165, 1.54) is 16.8 Å². The van der Waals surface area contributed by atoms with Gasteiger partial charge in [0.15, 0.2) is 0 Å². The Bertz CT molecular complexity index is 821. The van der Waals surface area contributed by atoms with Gasteiger partial charge in [-0.05, 0) is 36.2 Å². The number of aromatic nitrogens is 1. The lowest BCUT2D eigenvalue weighted by molar-refractivity contribution is -0.141. The van der Waals surface area contributed by atoms with Gasteiger partial charge in [0, 0.05) is 22.8 Å². The molecule has 0 amide bonds. The van der Waals surface area contributed by atoms with Crippen LogP contribution in [-0.4, -0.2) is 15.6 Å². The maximum absolute atomic E-state index is 12.2. The second kappa shape index (κ2) is 6.46. The smallest absolute Gasteiger partial charge is 0.326 e. The minimum Gasteiger partial charge on any atom is -0.480 e. The van der Waals surface area contributed by atoms with Crippen molar-refractivity contribution in [3.8, 4) is 17.2 Å². The summed E-state index contributed by atoms with van der Waals surface area (Å²) in [6.07, 6.45) is 1.73. The molecule has 0 unspecified atom stereocenters. The van der Waals surface area contributed by atoms with E-state index in [-0.39, 0.29) is 0 Å². The summed E-state index contributed by atoms with van der Waals surface area (Å²) in [7, 11) is 0. The molecular formula is C16H13ClN2O3. The van der Waals surface area contributed by atoms with Gasteiger partial charge < -0.3 is 9.67 Å².